The highest BCUT2D eigenvalue weighted by molar-refractivity contribution is 5.99. The molecule has 41 heavy (non-hydrogen) atoms. The first kappa shape index (κ1) is 28.7. The number of fused-ring (bicyclic) bond motifs is 1. The number of ether oxygens (including phenoxy) is 1. The fraction of sp³-hybridized carbons (Fsp3) is 0.438. The molecule has 1 amide bonds. The molecule has 214 valence electrons. The summed E-state index contributed by atoms with van der Waals surface area (Å²) in [6.07, 6.45) is 3.27. The number of aliphatic hydroxyl groups excluding tert-OH is 1. The van der Waals surface area contributed by atoms with Crippen LogP contribution in [0.1, 0.15) is 71.7 Å². The van der Waals surface area contributed by atoms with Crippen molar-refractivity contribution in [1.29, 1.82) is 5.26 Å². The predicted octanol–water partition coefficient (Wildman–Crippen LogP) is 4.62. The molecule has 3 atom stereocenters. The van der Waals surface area contributed by atoms with Crippen molar-refractivity contribution in [2.45, 2.75) is 65.1 Å². The number of hydrogen-bond donors (Lipinski definition) is 1. The number of aliphatic hydroxyl groups is 1. The lowest BCUT2D eigenvalue weighted by atomic mass is 9.86. The summed E-state index contributed by atoms with van der Waals surface area (Å²) < 4.78 is 19.6. The van der Waals surface area contributed by atoms with E-state index in [2.05, 4.69) is 27.0 Å². The second-order valence-corrected chi connectivity index (χ2v) is 10.9. The molecule has 0 radical (unpaired) electrons. The van der Waals surface area contributed by atoms with E-state index in [0.717, 1.165) is 41.8 Å². The van der Waals surface area contributed by atoms with Crippen LogP contribution in [0, 0.1) is 24.2 Å². The van der Waals surface area contributed by atoms with Crippen LogP contribution in [0.25, 0.3) is 11.1 Å². The molecule has 0 saturated carbocycles. The van der Waals surface area contributed by atoms with Gasteiger partial charge >= 0.3 is 0 Å². The van der Waals surface area contributed by atoms with Crippen molar-refractivity contribution in [3.05, 3.63) is 76.1 Å². The van der Waals surface area contributed by atoms with Crippen LogP contribution in [-0.4, -0.2) is 69.2 Å². The van der Waals surface area contributed by atoms with Crippen molar-refractivity contribution in [1.82, 2.24) is 19.8 Å². The highest BCUT2D eigenvalue weighted by atomic mass is 19.1. The molecule has 0 aliphatic carbocycles. The van der Waals surface area contributed by atoms with Gasteiger partial charge in [-0.05, 0) is 81.8 Å². The Morgan fingerprint density at radius 1 is 1.22 bits per heavy atom. The van der Waals surface area contributed by atoms with Gasteiger partial charge in [-0.2, -0.15) is 9.65 Å². The van der Waals surface area contributed by atoms with Crippen molar-refractivity contribution in [2.24, 2.45) is 0 Å². The number of hydrogen-bond acceptors (Lipinski definition) is 7. The maximum atomic E-state index is 14.1. The number of amides is 1. The molecule has 2 aliphatic rings. The Bertz CT molecular complexity index is 1500. The van der Waals surface area contributed by atoms with Gasteiger partial charge in [-0.25, -0.2) is 4.98 Å². The number of likely N-dealkylation sites (tertiary alicyclic amines) is 1. The number of carbonyl (C=O) groups excluding carboxylic acids is 1. The van der Waals surface area contributed by atoms with Gasteiger partial charge in [-0.3, -0.25) is 14.7 Å². The average Bonchev–Trinajstić information content (AvgIpc) is 3.28. The lowest BCUT2D eigenvalue weighted by molar-refractivity contribution is 0.0669. The third-order valence-corrected chi connectivity index (χ3v) is 8.48. The van der Waals surface area contributed by atoms with E-state index in [1.807, 2.05) is 31.7 Å². The number of aromatic nitrogens is 2. The zero-order valence-electron chi connectivity index (χ0n) is 24.0. The first-order chi connectivity index (χ1) is 19.7. The molecule has 0 spiro atoms. The number of benzene rings is 1. The van der Waals surface area contributed by atoms with Crippen LogP contribution in [0.4, 0.5) is 4.39 Å². The predicted molar refractivity (Wildman–Crippen MR) is 153 cm³/mol. The van der Waals surface area contributed by atoms with E-state index in [1.54, 1.807) is 19.1 Å². The summed E-state index contributed by atoms with van der Waals surface area (Å²) in [6.45, 7) is 10.1. The van der Waals surface area contributed by atoms with Crippen LogP contribution in [0.3, 0.4) is 0 Å². The normalized spacial score (nSPS) is 19.6. The highest BCUT2D eigenvalue weighted by Gasteiger charge is 2.33. The molecule has 8 nitrogen and oxygen atoms in total. The van der Waals surface area contributed by atoms with Gasteiger partial charge < -0.3 is 14.7 Å². The molecule has 4 heterocycles. The first-order valence-electron chi connectivity index (χ1n) is 14.3. The fourth-order valence-corrected chi connectivity index (χ4v) is 6.02. The molecular weight excluding hydrogens is 521 g/mol. The molecule has 9 heteroatoms. The number of rotatable bonds is 8. The molecular formula is C32H36FN5O3. The van der Waals surface area contributed by atoms with Crippen molar-refractivity contribution in [2.75, 3.05) is 26.2 Å². The van der Waals surface area contributed by atoms with E-state index >= 15 is 0 Å². The Kier molecular flexibility index (Phi) is 8.34. The fourth-order valence-electron chi connectivity index (χ4n) is 6.02. The number of carbonyl (C=O) groups is 1. The summed E-state index contributed by atoms with van der Waals surface area (Å²) in [4.78, 5) is 26.7. The van der Waals surface area contributed by atoms with Gasteiger partial charge in [0, 0.05) is 54.8 Å². The lowest BCUT2D eigenvalue weighted by Crippen LogP contribution is -2.40. The number of nitrogens with zero attached hydrogens (tertiary/aromatic N) is 5. The minimum Gasteiger partial charge on any atom is -0.492 e. The molecule has 5 rings (SSSR count). The third kappa shape index (κ3) is 5.67. The maximum absolute atomic E-state index is 14.1. The number of halogens is 1. The number of pyridine rings is 2. The molecule has 3 aromatic rings. The lowest BCUT2D eigenvalue weighted by Gasteiger charge is -2.35. The van der Waals surface area contributed by atoms with E-state index < -0.39 is 5.95 Å². The summed E-state index contributed by atoms with van der Waals surface area (Å²) >= 11 is 0. The Balaban J connectivity index is 1.50. The SMILES string of the molecule is CCOc1cc([C@H](C)N2CCc3c(cc(CCN4CC[C@@H](O)[C@H]4C)cc3-c3ccc(F)nc3C)C2=O)ncc1C#N. The third-order valence-electron chi connectivity index (χ3n) is 8.48. The zero-order chi connectivity index (χ0) is 29.3. The van der Waals surface area contributed by atoms with Gasteiger partial charge in [0.2, 0.25) is 5.95 Å². The number of nitriles is 1. The molecule has 1 saturated heterocycles. The van der Waals surface area contributed by atoms with Crippen LogP contribution in [-0.2, 0) is 12.8 Å². The maximum Gasteiger partial charge on any atom is 0.254 e. The van der Waals surface area contributed by atoms with Gasteiger partial charge in [0.1, 0.15) is 17.4 Å². The molecule has 1 fully saturated rings. The van der Waals surface area contributed by atoms with Crippen LogP contribution < -0.4 is 4.74 Å². The van der Waals surface area contributed by atoms with Crippen molar-refractivity contribution in [3.63, 3.8) is 0 Å². The van der Waals surface area contributed by atoms with Crippen molar-refractivity contribution in [3.8, 4) is 22.9 Å². The topological polar surface area (TPSA) is 103 Å². The van der Waals surface area contributed by atoms with E-state index in [4.69, 9.17) is 4.74 Å². The zero-order valence-corrected chi connectivity index (χ0v) is 24.0. The first-order valence-corrected chi connectivity index (χ1v) is 14.3. The van der Waals surface area contributed by atoms with E-state index in [9.17, 15) is 19.6 Å². The quantitative estimate of drug-likeness (QED) is 0.403. The van der Waals surface area contributed by atoms with E-state index in [-0.39, 0.29) is 24.1 Å². The molecule has 2 aliphatic heterocycles. The molecule has 1 aromatic carbocycles. The van der Waals surface area contributed by atoms with Crippen LogP contribution >= 0.6 is 0 Å². The van der Waals surface area contributed by atoms with Crippen LogP contribution in [0.2, 0.25) is 0 Å². The summed E-state index contributed by atoms with van der Waals surface area (Å²) in [5.74, 6) is -0.166. The number of aryl methyl sites for hydroxylation is 1. The standard InChI is InChI=1S/C32H36FN5O3/c1-5-41-30-16-28(35-18-23(30)17-34)20(3)38-13-9-25-26(24-6-7-31(33)36-19(24)2)14-22(15-27(25)32(38)40)8-11-37-12-10-29(39)21(37)4/h6-7,14-16,18,20-21,29,39H,5,8-13H2,1-4H3/t20-,21+,29+/m0/s1. The van der Waals surface area contributed by atoms with Crippen LogP contribution in [0.5, 0.6) is 5.75 Å². The van der Waals surface area contributed by atoms with Crippen molar-refractivity contribution >= 4 is 5.91 Å². The molecule has 1 N–H and O–H groups in total. The summed E-state index contributed by atoms with van der Waals surface area (Å²) in [5.41, 5.74) is 5.89. The van der Waals surface area contributed by atoms with Crippen molar-refractivity contribution < 1.29 is 19.0 Å². The van der Waals surface area contributed by atoms with Gasteiger partial charge in [-0.15, -0.1) is 0 Å². The second-order valence-electron chi connectivity index (χ2n) is 10.9. The van der Waals surface area contributed by atoms with E-state index in [0.29, 0.717) is 54.3 Å². The summed E-state index contributed by atoms with van der Waals surface area (Å²) in [5, 5.41) is 19.6. The second kappa shape index (κ2) is 11.9. The molecule has 0 bridgehead atoms. The molecule has 0 unspecified atom stereocenters. The van der Waals surface area contributed by atoms with Crippen LogP contribution in [0.15, 0.2) is 36.5 Å². The average molecular weight is 558 g/mol. The Labute approximate surface area is 240 Å². The van der Waals surface area contributed by atoms with Gasteiger partial charge in [-0.1, -0.05) is 6.07 Å². The van der Waals surface area contributed by atoms with Gasteiger partial charge in [0.05, 0.1) is 24.4 Å². The summed E-state index contributed by atoms with van der Waals surface area (Å²) in [6, 6.07) is 10.8. The Morgan fingerprint density at radius 3 is 2.68 bits per heavy atom. The smallest absolute Gasteiger partial charge is 0.254 e. The largest absolute Gasteiger partial charge is 0.492 e. The minimum absolute atomic E-state index is 0.0927. The van der Waals surface area contributed by atoms with E-state index in [1.165, 1.54) is 12.3 Å². The van der Waals surface area contributed by atoms with Gasteiger partial charge in [0.25, 0.3) is 5.91 Å². The Morgan fingerprint density at radius 2 is 2.00 bits per heavy atom. The minimum atomic E-state index is -0.532. The highest BCUT2D eigenvalue weighted by Crippen LogP contribution is 2.36. The molecule has 2 aromatic heterocycles. The summed E-state index contributed by atoms with van der Waals surface area (Å²) in [7, 11) is 0. The van der Waals surface area contributed by atoms with Gasteiger partial charge in [0.15, 0.2) is 0 Å². The monoisotopic (exact) mass is 557 g/mol. The Hall–Kier alpha value is -3.87.